The molecule has 0 amide bonds. The summed E-state index contributed by atoms with van der Waals surface area (Å²) in [5.74, 6) is 0.236. The molecule has 0 bridgehead atoms. The Kier molecular flexibility index (Phi) is 5.63. The number of hydrogen-bond donors (Lipinski definition) is 1. The van der Waals surface area contributed by atoms with Crippen molar-refractivity contribution < 1.29 is 8.42 Å². The van der Waals surface area contributed by atoms with Crippen molar-refractivity contribution in [2.75, 3.05) is 5.33 Å². The summed E-state index contributed by atoms with van der Waals surface area (Å²) in [6.45, 7) is 3.96. The van der Waals surface area contributed by atoms with Gasteiger partial charge in [0.25, 0.3) is 0 Å². The van der Waals surface area contributed by atoms with Gasteiger partial charge in [0.1, 0.15) is 0 Å². The van der Waals surface area contributed by atoms with Crippen LogP contribution in [0.3, 0.4) is 0 Å². The second kappa shape index (κ2) is 6.31. The van der Waals surface area contributed by atoms with Crippen LogP contribution >= 0.6 is 31.9 Å². The SMILES string of the molecule is CC(C)C(CBr)NS(=O)(=O)c1ccc(Br)cc1. The van der Waals surface area contributed by atoms with Gasteiger partial charge in [-0.3, -0.25) is 0 Å². The summed E-state index contributed by atoms with van der Waals surface area (Å²) in [5.41, 5.74) is 0. The van der Waals surface area contributed by atoms with E-state index in [0.29, 0.717) is 5.33 Å². The molecular weight excluding hydrogens is 370 g/mol. The molecule has 0 aliphatic heterocycles. The van der Waals surface area contributed by atoms with Crippen molar-refractivity contribution >= 4 is 41.9 Å². The predicted molar refractivity (Wildman–Crippen MR) is 76.9 cm³/mol. The fourth-order valence-electron chi connectivity index (χ4n) is 1.23. The smallest absolute Gasteiger partial charge is 0.207 e. The molecule has 6 heteroatoms. The molecule has 0 saturated heterocycles. The summed E-state index contributed by atoms with van der Waals surface area (Å²) < 4.78 is 27.7. The molecule has 1 unspecified atom stereocenters. The molecule has 96 valence electrons. The lowest BCUT2D eigenvalue weighted by Gasteiger charge is -2.19. The molecule has 0 heterocycles. The van der Waals surface area contributed by atoms with Gasteiger partial charge in [0.05, 0.1) is 4.90 Å². The normalized spacial score (nSPS) is 13.9. The Balaban J connectivity index is 2.92. The van der Waals surface area contributed by atoms with E-state index in [1.165, 1.54) is 0 Å². The zero-order valence-electron chi connectivity index (χ0n) is 9.65. The maximum atomic E-state index is 12.1. The number of hydrogen-bond acceptors (Lipinski definition) is 2. The zero-order valence-corrected chi connectivity index (χ0v) is 13.6. The van der Waals surface area contributed by atoms with E-state index in [2.05, 4.69) is 36.6 Å². The van der Waals surface area contributed by atoms with Crippen LogP contribution in [0.25, 0.3) is 0 Å². The average molecular weight is 385 g/mol. The summed E-state index contributed by atoms with van der Waals surface area (Å²) in [7, 11) is -3.43. The van der Waals surface area contributed by atoms with Crippen LogP contribution in [0.5, 0.6) is 0 Å². The monoisotopic (exact) mass is 383 g/mol. The van der Waals surface area contributed by atoms with E-state index in [0.717, 1.165) is 4.47 Å². The molecule has 1 atom stereocenters. The van der Waals surface area contributed by atoms with Crippen LogP contribution in [0.1, 0.15) is 13.8 Å². The van der Waals surface area contributed by atoms with Crippen LogP contribution < -0.4 is 4.72 Å². The molecular formula is C11H15Br2NO2S. The van der Waals surface area contributed by atoms with Gasteiger partial charge >= 0.3 is 0 Å². The largest absolute Gasteiger partial charge is 0.240 e. The molecule has 1 aromatic carbocycles. The molecule has 1 N–H and O–H groups in total. The first kappa shape index (κ1) is 15.1. The van der Waals surface area contributed by atoms with Gasteiger partial charge in [-0.15, -0.1) is 0 Å². The van der Waals surface area contributed by atoms with E-state index in [9.17, 15) is 8.42 Å². The number of sulfonamides is 1. The fraction of sp³-hybridized carbons (Fsp3) is 0.455. The Morgan fingerprint density at radius 3 is 2.18 bits per heavy atom. The highest BCUT2D eigenvalue weighted by molar-refractivity contribution is 9.10. The quantitative estimate of drug-likeness (QED) is 0.792. The highest BCUT2D eigenvalue weighted by atomic mass is 79.9. The Labute approximate surface area is 119 Å². The third-order valence-corrected chi connectivity index (χ3v) is 5.13. The van der Waals surface area contributed by atoms with Crippen LogP contribution in [0.15, 0.2) is 33.6 Å². The van der Waals surface area contributed by atoms with Crippen molar-refractivity contribution in [3.8, 4) is 0 Å². The van der Waals surface area contributed by atoms with Gasteiger partial charge < -0.3 is 0 Å². The second-order valence-corrected chi connectivity index (χ2v) is 7.36. The zero-order chi connectivity index (χ0) is 13.1. The lowest BCUT2D eigenvalue weighted by molar-refractivity contribution is 0.484. The van der Waals surface area contributed by atoms with Crippen LogP contribution in [0.2, 0.25) is 0 Å². The van der Waals surface area contributed by atoms with Crippen molar-refractivity contribution in [1.29, 1.82) is 0 Å². The molecule has 17 heavy (non-hydrogen) atoms. The second-order valence-electron chi connectivity index (χ2n) is 4.08. The number of nitrogens with one attached hydrogen (secondary N) is 1. The van der Waals surface area contributed by atoms with Crippen molar-refractivity contribution in [1.82, 2.24) is 4.72 Å². The van der Waals surface area contributed by atoms with Crippen LogP contribution in [-0.2, 0) is 10.0 Å². The molecule has 0 aliphatic carbocycles. The first-order chi connectivity index (χ1) is 7.86. The van der Waals surface area contributed by atoms with Crippen molar-refractivity contribution in [3.05, 3.63) is 28.7 Å². The maximum absolute atomic E-state index is 12.1. The number of rotatable bonds is 5. The van der Waals surface area contributed by atoms with Crippen LogP contribution in [-0.4, -0.2) is 19.8 Å². The number of alkyl halides is 1. The summed E-state index contributed by atoms with van der Waals surface area (Å²) >= 11 is 6.60. The summed E-state index contributed by atoms with van der Waals surface area (Å²) in [6, 6.07) is 6.49. The van der Waals surface area contributed by atoms with Gasteiger partial charge in [-0.1, -0.05) is 45.7 Å². The van der Waals surface area contributed by atoms with Gasteiger partial charge in [0.2, 0.25) is 10.0 Å². The fourth-order valence-corrected chi connectivity index (χ4v) is 4.00. The molecule has 0 aliphatic rings. The first-order valence-corrected chi connectivity index (χ1v) is 8.60. The van der Waals surface area contributed by atoms with Gasteiger partial charge in [0, 0.05) is 15.8 Å². The predicted octanol–water partition coefficient (Wildman–Crippen LogP) is 3.15. The van der Waals surface area contributed by atoms with Crippen LogP contribution in [0, 0.1) is 5.92 Å². The minimum atomic E-state index is -3.43. The van der Waals surface area contributed by atoms with Gasteiger partial charge in [-0.2, -0.15) is 0 Å². The Morgan fingerprint density at radius 1 is 1.24 bits per heavy atom. The topological polar surface area (TPSA) is 46.2 Å². The maximum Gasteiger partial charge on any atom is 0.240 e. The van der Waals surface area contributed by atoms with E-state index in [4.69, 9.17) is 0 Å². The summed E-state index contributed by atoms with van der Waals surface area (Å²) in [6.07, 6.45) is 0. The standard InChI is InChI=1S/C11H15Br2NO2S/c1-8(2)11(7-12)14-17(15,16)10-5-3-9(13)4-6-10/h3-6,8,11,14H,7H2,1-2H3. The Hall–Kier alpha value is 0.0900. The Morgan fingerprint density at radius 2 is 1.76 bits per heavy atom. The molecule has 1 rings (SSSR count). The first-order valence-electron chi connectivity index (χ1n) is 5.20. The molecule has 1 aromatic rings. The molecule has 0 fully saturated rings. The van der Waals surface area contributed by atoms with Crippen molar-refractivity contribution in [2.45, 2.75) is 24.8 Å². The van der Waals surface area contributed by atoms with Gasteiger partial charge in [-0.05, 0) is 30.2 Å². The van der Waals surface area contributed by atoms with Gasteiger partial charge in [0.15, 0.2) is 0 Å². The highest BCUT2D eigenvalue weighted by Gasteiger charge is 2.21. The lowest BCUT2D eigenvalue weighted by Crippen LogP contribution is -2.39. The number of benzene rings is 1. The molecule has 3 nitrogen and oxygen atoms in total. The average Bonchev–Trinajstić information content (AvgIpc) is 2.26. The highest BCUT2D eigenvalue weighted by Crippen LogP contribution is 2.16. The van der Waals surface area contributed by atoms with E-state index in [-0.39, 0.29) is 16.9 Å². The van der Waals surface area contributed by atoms with E-state index < -0.39 is 10.0 Å². The summed E-state index contributed by atoms with van der Waals surface area (Å²) in [4.78, 5) is 0.285. The van der Waals surface area contributed by atoms with Crippen LogP contribution in [0.4, 0.5) is 0 Å². The lowest BCUT2D eigenvalue weighted by atomic mass is 10.1. The minimum absolute atomic E-state index is 0.108. The van der Waals surface area contributed by atoms with E-state index in [1.54, 1.807) is 24.3 Å². The third kappa shape index (κ3) is 4.35. The minimum Gasteiger partial charge on any atom is -0.207 e. The van der Waals surface area contributed by atoms with Crippen molar-refractivity contribution in [2.24, 2.45) is 5.92 Å². The molecule has 0 saturated carbocycles. The van der Waals surface area contributed by atoms with E-state index in [1.807, 2.05) is 13.8 Å². The molecule has 0 aromatic heterocycles. The molecule has 0 spiro atoms. The Bertz CT molecular complexity index is 457. The number of halogens is 2. The van der Waals surface area contributed by atoms with E-state index >= 15 is 0 Å². The molecule has 0 radical (unpaired) electrons. The summed E-state index contributed by atoms with van der Waals surface area (Å²) in [5, 5.41) is 0.598. The van der Waals surface area contributed by atoms with Crippen molar-refractivity contribution in [3.63, 3.8) is 0 Å². The van der Waals surface area contributed by atoms with Gasteiger partial charge in [-0.25, -0.2) is 13.1 Å². The third-order valence-electron chi connectivity index (χ3n) is 2.40.